The largest absolute Gasteiger partial charge is 0.444 e. The molecule has 1 amide bonds. The van der Waals surface area contributed by atoms with Gasteiger partial charge in [-0.1, -0.05) is 0 Å². The van der Waals surface area contributed by atoms with Crippen LogP contribution in [0, 0.1) is 20.2 Å². The number of amides is 1. The lowest BCUT2D eigenvalue weighted by molar-refractivity contribution is -0.422. The molecule has 0 saturated heterocycles. The van der Waals surface area contributed by atoms with E-state index in [1.165, 1.54) is 18.5 Å². The highest BCUT2D eigenvalue weighted by atomic mass is 16.6. The average Bonchev–Trinajstić information content (AvgIpc) is 2.63. The lowest BCUT2D eigenvalue weighted by Gasteiger charge is -2.19. The fraction of sp³-hybridized carbons (Fsp3) is 0.353. The molecule has 2 rings (SSSR count). The van der Waals surface area contributed by atoms with Crippen molar-refractivity contribution in [3.8, 4) is 11.1 Å². The van der Waals surface area contributed by atoms with E-state index in [9.17, 15) is 25.0 Å². The topological polar surface area (TPSA) is 162 Å². The van der Waals surface area contributed by atoms with Gasteiger partial charge in [0.1, 0.15) is 5.60 Å². The Hall–Kier alpha value is -3.83. The minimum atomic E-state index is -0.809. The lowest BCUT2D eigenvalue weighted by atomic mass is 10.1. The number of aromatic nitrogens is 2. The second-order valence-corrected chi connectivity index (χ2v) is 6.87. The van der Waals surface area contributed by atoms with Gasteiger partial charge in [0, 0.05) is 43.2 Å². The molecule has 0 unspecified atom stereocenters. The molecule has 0 bridgehead atoms. The molecule has 0 fully saturated rings. The normalized spacial score (nSPS) is 10.9. The number of nitro groups is 2. The predicted octanol–water partition coefficient (Wildman–Crippen LogP) is 2.90. The Kier molecular flexibility index (Phi) is 6.59. The summed E-state index contributed by atoms with van der Waals surface area (Å²) in [5.41, 5.74) is -0.942. The highest BCUT2D eigenvalue weighted by Crippen LogP contribution is 2.31. The summed E-state index contributed by atoms with van der Waals surface area (Å²) in [4.78, 5) is 40.0. The van der Waals surface area contributed by atoms with Gasteiger partial charge in [0.15, 0.2) is 0 Å². The summed E-state index contributed by atoms with van der Waals surface area (Å²) in [5.74, 6) is 0.288. The number of nitrogens with zero attached hydrogens (tertiary/aromatic N) is 4. The van der Waals surface area contributed by atoms with Gasteiger partial charge in [-0.2, -0.15) is 0 Å². The standard InChI is InChI=1S/C17H20N6O6/c1-17(2,3)29-16(24)19-7-6-18-15-20-9-12(10-21-15)11-4-5-13(22(25)26)14(8-11)23(27)28/h4-5,8-10H,6-7H2,1-3H3,(H,19,24)(H,18,20,21). The van der Waals surface area contributed by atoms with Crippen molar-refractivity contribution in [3.05, 3.63) is 50.8 Å². The van der Waals surface area contributed by atoms with Crippen LogP contribution in [0.3, 0.4) is 0 Å². The van der Waals surface area contributed by atoms with E-state index in [2.05, 4.69) is 20.6 Å². The van der Waals surface area contributed by atoms with Gasteiger partial charge in [0.25, 0.3) is 0 Å². The number of hydrogen-bond donors (Lipinski definition) is 2. The number of anilines is 1. The quantitative estimate of drug-likeness (QED) is 0.401. The third-order valence-electron chi connectivity index (χ3n) is 3.43. The highest BCUT2D eigenvalue weighted by molar-refractivity contribution is 5.69. The molecule has 0 atom stereocenters. The fourth-order valence-electron chi connectivity index (χ4n) is 2.23. The van der Waals surface area contributed by atoms with E-state index in [-0.39, 0.29) is 12.5 Å². The van der Waals surface area contributed by atoms with Crippen molar-refractivity contribution in [2.75, 3.05) is 18.4 Å². The second kappa shape index (κ2) is 8.91. The van der Waals surface area contributed by atoms with Crippen LogP contribution in [0.1, 0.15) is 20.8 Å². The zero-order chi connectivity index (χ0) is 21.6. The first-order valence-electron chi connectivity index (χ1n) is 8.53. The van der Waals surface area contributed by atoms with Crippen molar-refractivity contribution in [1.82, 2.24) is 15.3 Å². The van der Waals surface area contributed by atoms with E-state index in [0.29, 0.717) is 17.7 Å². The van der Waals surface area contributed by atoms with Crippen molar-refractivity contribution in [2.45, 2.75) is 26.4 Å². The van der Waals surface area contributed by atoms with Crippen LogP contribution in [0.2, 0.25) is 0 Å². The third kappa shape index (κ3) is 6.37. The molecular formula is C17H20N6O6. The Balaban J connectivity index is 1.97. The number of carbonyl (C=O) groups is 1. The molecule has 29 heavy (non-hydrogen) atoms. The molecule has 0 aliphatic carbocycles. The number of ether oxygens (including phenoxy) is 1. The monoisotopic (exact) mass is 404 g/mol. The lowest BCUT2D eigenvalue weighted by Crippen LogP contribution is -2.35. The van der Waals surface area contributed by atoms with Crippen molar-refractivity contribution in [3.63, 3.8) is 0 Å². The molecule has 0 spiro atoms. The summed E-state index contributed by atoms with van der Waals surface area (Å²) >= 11 is 0. The zero-order valence-electron chi connectivity index (χ0n) is 16.0. The molecule has 1 aromatic carbocycles. The van der Waals surface area contributed by atoms with Crippen LogP contribution in [0.25, 0.3) is 11.1 Å². The van der Waals surface area contributed by atoms with Crippen LogP contribution in [-0.4, -0.2) is 44.6 Å². The minimum Gasteiger partial charge on any atom is -0.444 e. The molecule has 154 valence electrons. The van der Waals surface area contributed by atoms with Gasteiger partial charge in [-0.05, 0) is 32.4 Å². The predicted molar refractivity (Wildman–Crippen MR) is 104 cm³/mol. The Morgan fingerprint density at radius 2 is 1.66 bits per heavy atom. The Bertz CT molecular complexity index is 910. The average molecular weight is 404 g/mol. The van der Waals surface area contributed by atoms with Crippen molar-refractivity contribution >= 4 is 23.4 Å². The molecule has 12 heteroatoms. The summed E-state index contributed by atoms with van der Waals surface area (Å²) < 4.78 is 5.11. The smallest absolute Gasteiger partial charge is 0.407 e. The van der Waals surface area contributed by atoms with Gasteiger partial charge >= 0.3 is 17.5 Å². The number of hydrogen-bond acceptors (Lipinski definition) is 9. The van der Waals surface area contributed by atoms with Gasteiger partial charge < -0.3 is 15.4 Å². The SMILES string of the molecule is CC(C)(C)OC(=O)NCCNc1ncc(-c2ccc([N+](=O)[O-])c([N+](=O)[O-])c2)cn1. The van der Waals surface area contributed by atoms with Gasteiger partial charge in [-0.25, -0.2) is 14.8 Å². The molecule has 2 N–H and O–H groups in total. The van der Waals surface area contributed by atoms with Crippen LogP contribution in [0.15, 0.2) is 30.6 Å². The molecule has 0 radical (unpaired) electrons. The van der Waals surface area contributed by atoms with Crippen LogP contribution in [-0.2, 0) is 4.74 Å². The maximum atomic E-state index is 11.5. The summed E-state index contributed by atoms with van der Waals surface area (Å²) in [6.07, 6.45) is 2.33. The van der Waals surface area contributed by atoms with Crippen LogP contribution in [0.5, 0.6) is 0 Å². The van der Waals surface area contributed by atoms with E-state index in [0.717, 1.165) is 12.1 Å². The highest BCUT2D eigenvalue weighted by Gasteiger charge is 2.24. The van der Waals surface area contributed by atoms with E-state index < -0.39 is 32.9 Å². The molecular weight excluding hydrogens is 384 g/mol. The van der Waals surface area contributed by atoms with Crippen LogP contribution < -0.4 is 10.6 Å². The maximum Gasteiger partial charge on any atom is 0.407 e. The number of benzene rings is 1. The Labute approximate surface area is 165 Å². The van der Waals surface area contributed by atoms with Crippen LogP contribution in [0.4, 0.5) is 22.1 Å². The van der Waals surface area contributed by atoms with Crippen molar-refractivity contribution in [2.24, 2.45) is 0 Å². The summed E-state index contributed by atoms with van der Waals surface area (Å²) in [6, 6.07) is 3.57. The summed E-state index contributed by atoms with van der Waals surface area (Å²) in [7, 11) is 0. The minimum absolute atomic E-state index is 0.286. The molecule has 12 nitrogen and oxygen atoms in total. The van der Waals surface area contributed by atoms with E-state index in [1.807, 2.05) is 0 Å². The number of alkyl carbamates (subject to hydrolysis) is 1. The number of rotatable bonds is 7. The van der Waals surface area contributed by atoms with Gasteiger partial charge in [0.2, 0.25) is 5.95 Å². The Morgan fingerprint density at radius 1 is 1.03 bits per heavy atom. The first-order valence-corrected chi connectivity index (χ1v) is 8.53. The molecule has 0 aliphatic heterocycles. The molecule has 1 heterocycles. The van der Waals surface area contributed by atoms with Crippen LogP contribution >= 0.6 is 0 Å². The van der Waals surface area contributed by atoms with Crippen molar-refractivity contribution < 1.29 is 19.4 Å². The van der Waals surface area contributed by atoms with Gasteiger partial charge in [-0.3, -0.25) is 20.2 Å². The first-order chi connectivity index (χ1) is 13.6. The summed E-state index contributed by atoms with van der Waals surface area (Å²) in [6.45, 7) is 5.93. The third-order valence-corrected chi connectivity index (χ3v) is 3.43. The molecule has 1 aromatic heterocycles. The second-order valence-electron chi connectivity index (χ2n) is 6.87. The van der Waals surface area contributed by atoms with E-state index in [1.54, 1.807) is 20.8 Å². The number of nitrogens with one attached hydrogen (secondary N) is 2. The molecule has 0 aliphatic rings. The fourth-order valence-corrected chi connectivity index (χ4v) is 2.23. The van der Waals surface area contributed by atoms with Crippen molar-refractivity contribution in [1.29, 1.82) is 0 Å². The van der Waals surface area contributed by atoms with E-state index in [4.69, 9.17) is 4.74 Å². The maximum absolute atomic E-state index is 11.5. The van der Waals surface area contributed by atoms with Gasteiger partial charge in [0.05, 0.1) is 9.85 Å². The zero-order valence-corrected chi connectivity index (χ0v) is 16.0. The number of nitro benzene ring substituents is 2. The first kappa shape index (κ1) is 21.5. The van der Waals surface area contributed by atoms with Gasteiger partial charge in [-0.15, -0.1) is 0 Å². The molecule has 0 saturated carbocycles. The molecule has 2 aromatic rings. The van der Waals surface area contributed by atoms with E-state index >= 15 is 0 Å². The Morgan fingerprint density at radius 3 is 2.21 bits per heavy atom. The summed E-state index contributed by atoms with van der Waals surface area (Å²) in [5, 5.41) is 27.4. The number of carbonyl (C=O) groups excluding carboxylic acids is 1.